The highest BCUT2D eigenvalue weighted by Gasteiger charge is 2.42. The zero-order valence-corrected chi connectivity index (χ0v) is 14.2. The van der Waals surface area contributed by atoms with Crippen molar-refractivity contribution in [1.82, 2.24) is 0 Å². The molecule has 0 amide bonds. The lowest BCUT2D eigenvalue weighted by atomic mass is 9.94. The number of thioether (sulfide) groups is 1. The molecule has 1 unspecified atom stereocenters. The first-order valence-electron chi connectivity index (χ1n) is 7.10. The first kappa shape index (κ1) is 18.5. The van der Waals surface area contributed by atoms with Crippen LogP contribution >= 0.6 is 11.8 Å². The molecule has 0 fully saturated rings. The Balaban J connectivity index is 3.32. The lowest BCUT2D eigenvalue weighted by Gasteiger charge is -2.33. The van der Waals surface area contributed by atoms with Gasteiger partial charge in [0.2, 0.25) is 0 Å². The van der Waals surface area contributed by atoms with Crippen LogP contribution in [0.15, 0.2) is 49.6 Å². The maximum Gasteiger partial charge on any atom is 0.327 e. The van der Waals surface area contributed by atoms with Gasteiger partial charge in [0.15, 0.2) is 0 Å². The summed E-state index contributed by atoms with van der Waals surface area (Å²) in [6, 6.07) is 5.95. The molecule has 4 heteroatoms. The maximum atomic E-state index is 13.2. The maximum absolute atomic E-state index is 13.2. The van der Waals surface area contributed by atoms with Crippen LogP contribution in [0.5, 0.6) is 0 Å². The number of ether oxygens (including phenoxy) is 1. The van der Waals surface area contributed by atoms with Gasteiger partial charge in [0.1, 0.15) is 16.2 Å². The van der Waals surface area contributed by atoms with E-state index >= 15 is 0 Å². The topological polar surface area (TPSA) is 26.3 Å². The summed E-state index contributed by atoms with van der Waals surface area (Å²) in [4.78, 5) is 12.8. The Kier molecular flexibility index (Phi) is 6.42. The lowest BCUT2D eigenvalue weighted by Crippen LogP contribution is -2.39. The van der Waals surface area contributed by atoms with E-state index in [0.29, 0.717) is 17.7 Å². The van der Waals surface area contributed by atoms with Crippen molar-refractivity contribution < 1.29 is 13.9 Å². The average Bonchev–Trinajstić information content (AvgIpc) is 2.42. The van der Waals surface area contributed by atoms with Crippen LogP contribution in [0.3, 0.4) is 0 Å². The van der Waals surface area contributed by atoms with Crippen LogP contribution in [0, 0.1) is 5.82 Å². The summed E-state index contributed by atoms with van der Waals surface area (Å²) in [5.74, 6) is -0.114. The highest BCUT2D eigenvalue weighted by molar-refractivity contribution is 8.01. The Hall–Kier alpha value is -1.55. The second-order valence-corrected chi connectivity index (χ2v) is 7.25. The molecule has 0 bridgehead atoms. The number of rotatable bonds is 7. The Morgan fingerprint density at radius 1 is 1.23 bits per heavy atom. The third-order valence-corrected chi connectivity index (χ3v) is 4.38. The van der Waals surface area contributed by atoms with Crippen molar-refractivity contribution in [3.05, 3.63) is 61.0 Å². The predicted octanol–water partition coefficient (Wildman–Crippen LogP) is 4.86. The second-order valence-electron chi connectivity index (χ2n) is 5.93. The van der Waals surface area contributed by atoms with E-state index in [2.05, 4.69) is 13.2 Å². The molecular formula is C18H23FO2S. The van der Waals surface area contributed by atoms with Gasteiger partial charge in [0, 0.05) is 5.75 Å². The monoisotopic (exact) mass is 322 g/mol. The molecule has 0 saturated heterocycles. The molecule has 0 aliphatic heterocycles. The van der Waals surface area contributed by atoms with Gasteiger partial charge >= 0.3 is 5.97 Å². The van der Waals surface area contributed by atoms with Crippen LogP contribution in [-0.2, 0) is 14.3 Å². The molecule has 1 aromatic carbocycles. The molecule has 0 aliphatic rings. The van der Waals surface area contributed by atoms with Gasteiger partial charge in [-0.1, -0.05) is 24.3 Å². The summed E-state index contributed by atoms with van der Waals surface area (Å²) < 4.78 is 17.9. The highest BCUT2D eigenvalue weighted by atomic mass is 32.2. The fourth-order valence-electron chi connectivity index (χ4n) is 2.00. The van der Waals surface area contributed by atoms with E-state index in [4.69, 9.17) is 4.74 Å². The quantitative estimate of drug-likeness (QED) is 0.530. The first-order valence-corrected chi connectivity index (χ1v) is 8.09. The van der Waals surface area contributed by atoms with Gasteiger partial charge < -0.3 is 4.74 Å². The largest absolute Gasteiger partial charge is 0.459 e. The first-order chi connectivity index (χ1) is 10.2. The molecule has 120 valence electrons. The minimum atomic E-state index is -0.948. The second kappa shape index (κ2) is 7.63. The molecule has 0 spiro atoms. The number of carbonyl (C=O) groups excluding carboxylic acids is 1. The summed E-state index contributed by atoms with van der Waals surface area (Å²) in [7, 11) is 0. The normalized spacial score (nSPS) is 14.0. The van der Waals surface area contributed by atoms with E-state index in [9.17, 15) is 9.18 Å². The number of allylic oxidation sites excluding steroid dienone is 1. The number of hydrogen-bond acceptors (Lipinski definition) is 3. The van der Waals surface area contributed by atoms with Gasteiger partial charge in [-0.15, -0.1) is 24.9 Å². The minimum Gasteiger partial charge on any atom is -0.459 e. The molecule has 0 heterocycles. The third kappa shape index (κ3) is 4.73. The highest BCUT2D eigenvalue weighted by Crippen LogP contribution is 2.42. The van der Waals surface area contributed by atoms with Gasteiger partial charge in [-0.3, -0.25) is 4.79 Å². The van der Waals surface area contributed by atoms with Crippen LogP contribution in [-0.4, -0.2) is 17.3 Å². The van der Waals surface area contributed by atoms with Gasteiger partial charge in [-0.25, -0.2) is 4.39 Å². The van der Waals surface area contributed by atoms with Crippen molar-refractivity contribution in [2.24, 2.45) is 0 Å². The Morgan fingerprint density at radius 3 is 2.27 bits per heavy atom. The summed E-state index contributed by atoms with van der Waals surface area (Å²) in [5, 5.41) is 0. The third-order valence-electron chi connectivity index (χ3n) is 2.92. The molecule has 1 rings (SSSR count). The average molecular weight is 322 g/mol. The zero-order chi connectivity index (χ0) is 16.8. The molecule has 2 nitrogen and oxygen atoms in total. The molecule has 0 radical (unpaired) electrons. The molecule has 1 aromatic rings. The van der Waals surface area contributed by atoms with Crippen LogP contribution in [0.25, 0.3) is 0 Å². The van der Waals surface area contributed by atoms with Crippen LogP contribution < -0.4 is 0 Å². The van der Waals surface area contributed by atoms with E-state index in [1.54, 1.807) is 24.3 Å². The van der Waals surface area contributed by atoms with Crippen molar-refractivity contribution in [2.45, 2.75) is 37.5 Å². The van der Waals surface area contributed by atoms with Crippen LogP contribution in [0.4, 0.5) is 4.39 Å². The van der Waals surface area contributed by atoms with Crippen LogP contribution in [0.2, 0.25) is 0 Å². The Morgan fingerprint density at radius 2 is 1.82 bits per heavy atom. The van der Waals surface area contributed by atoms with Gasteiger partial charge in [-0.05, 0) is 44.9 Å². The molecule has 0 aromatic heterocycles. The summed E-state index contributed by atoms with van der Waals surface area (Å²) >= 11 is 1.42. The van der Waals surface area contributed by atoms with Crippen molar-refractivity contribution >= 4 is 17.7 Å². The summed E-state index contributed by atoms with van der Waals surface area (Å²) in [6.45, 7) is 12.9. The van der Waals surface area contributed by atoms with E-state index < -0.39 is 10.3 Å². The molecule has 0 saturated carbocycles. The zero-order valence-electron chi connectivity index (χ0n) is 13.4. The van der Waals surface area contributed by atoms with Gasteiger partial charge in [-0.2, -0.15) is 0 Å². The Bertz CT molecular complexity index is 531. The standard InChI is InChI=1S/C18H23FO2S/c1-6-12-18(22-13-7-2,16(20)21-17(3,4)5)14-8-10-15(19)11-9-14/h6-11H,1-2,12-13H2,3-5H3. The molecular weight excluding hydrogens is 299 g/mol. The molecule has 22 heavy (non-hydrogen) atoms. The lowest BCUT2D eigenvalue weighted by molar-refractivity contribution is -0.158. The van der Waals surface area contributed by atoms with Crippen molar-refractivity contribution in [1.29, 1.82) is 0 Å². The van der Waals surface area contributed by atoms with Gasteiger partial charge in [0.25, 0.3) is 0 Å². The SMILES string of the molecule is C=CCSC(CC=C)(C(=O)OC(C)(C)C)c1ccc(F)cc1. The number of benzene rings is 1. The number of carbonyl (C=O) groups is 1. The smallest absolute Gasteiger partial charge is 0.327 e. The van der Waals surface area contributed by atoms with E-state index in [-0.39, 0.29) is 11.8 Å². The molecule has 0 N–H and O–H groups in total. The van der Waals surface area contributed by atoms with Gasteiger partial charge in [0.05, 0.1) is 0 Å². The predicted molar refractivity (Wildman–Crippen MR) is 91.4 cm³/mol. The number of hydrogen-bond donors (Lipinski definition) is 0. The van der Waals surface area contributed by atoms with E-state index in [1.807, 2.05) is 20.8 Å². The van der Waals surface area contributed by atoms with E-state index in [0.717, 1.165) is 0 Å². The number of halogens is 1. The van der Waals surface area contributed by atoms with Crippen molar-refractivity contribution in [3.8, 4) is 0 Å². The summed E-state index contributed by atoms with van der Waals surface area (Å²) in [5.41, 5.74) is 0.105. The molecule has 1 atom stereocenters. The minimum absolute atomic E-state index is 0.339. The Labute approximate surface area is 136 Å². The van der Waals surface area contributed by atoms with Crippen LogP contribution in [0.1, 0.15) is 32.8 Å². The van der Waals surface area contributed by atoms with Crippen molar-refractivity contribution in [3.63, 3.8) is 0 Å². The molecule has 0 aliphatic carbocycles. The fourth-order valence-corrected chi connectivity index (χ4v) is 3.10. The fraction of sp³-hybridized carbons (Fsp3) is 0.389. The number of esters is 1. The van der Waals surface area contributed by atoms with E-state index in [1.165, 1.54) is 23.9 Å². The van der Waals surface area contributed by atoms with Crippen molar-refractivity contribution in [2.75, 3.05) is 5.75 Å². The summed E-state index contributed by atoms with van der Waals surface area (Å²) in [6.07, 6.45) is 3.81.